The zero-order chi connectivity index (χ0) is 46.5. The van der Waals surface area contributed by atoms with E-state index in [2.05, 4.69) is 44.8 Å². The minimum atomic E-state index is -1.05. The third-order valence-electron chi connectivity index (χ3n) is 12.1. The molecule has 2 aliphatic heterocycles. The van der Waals surface area contributed by atoms with E-state index in [0.717, 1.165) is 48.3 Å². The first-order valence-corrected chi connectivity index (χ1v) is 23.1. The van der Waals surface area contributed by atoms with Crippen LogP contribution < -0.4 is 10.6 Å². The molecule has 6 aromatic rings. The molecule has 8 rings (SSSR count). The smallest absolute Gasteiger partial charge is 0.308 e. The van der Waals surface area contributed by atoms with E-state index in [-0.39, 0.29) is 37.0 Å². The predicted molar refractivity (Wildman–Crippen MR) is 248 cm³/mol. The standard InChI is InChI=1S/C47H52N10O6S2/c1-24-27(4)65-46-38(24)39(50-35(21-37(59)63-9)42-53-52-28(5)57(42)46)30-14-16-32(17-15-30)56-19-18-34(54-56)43(60)51-41(47(6,7)8)45(62)55-22-33(58)20-36(55)44(61)49-25(2)29-10-12-31(13-11-29)40-26(3)48-23-64-40/h10-19,23,25,33,35-36,41,58H,20-22H2,1-9H3,(H,49,61)(H,51,60)/t25-,33+,35-,36-,41+/m0/s1. The first kappa shape index (κ1) is 45.2. The van der Waals surface area contributed by atoms with Gasteiger partial charge >= 0.3 is 5.97 Å². The van der Waals surface area contributed by atoms with Crippen LogP contribution in [0.15, 0.2) is 71.3 Å². The molecule has 0 spiro atoms. The van der Waals surface area contributed by atoms with Gasteiger partial charge in [0.05, 0.1) is 53.2 Å². The van der Waals surface area contributed by atoms with E-state index in [4.69, 9.17) is 9.73 Å². The number of likely N-dealkylation sites (tertiary alicyclic amines) is 1. The number of aliphatic hydroxyl groups is 1. The topological polar surface area (TPSA) is 199 Å². The van der Waals surface area contributed by atoms with E-state index >= 15 is 0 Å². The molecular weight excluding hydrogens is 865 g/mol. The van der Waals surface area contributed by atoms with Crippen molar-refractivity contribution in [3.05, 3.63) is 116 Å². The number of benzene rings is 2. The number of aliphatic imine (C=N–C) groups is 1. The number of β-amino-alcohol motifs (C(OH)–C–C–N with tert-alkyl or cyclic N) is 1. The second-order valence-electron chi connectivity index (χ2n) is 17.7. The zero-order valence-corrected chi connectivity index (χ0v) is 39.4. The Morgan fingerprint density at radius 3 is 2.32 bits per heavy atom. The summed E-state index contributed by atoms with van der Waals surface area (Å²) in [5.74, 6) is -0.589. The van der Waals surface area contributed by atoms with Crippen LogP contribution in [0.3, 0.4) is 0 Å². The maximum Gasteiger partial charge on any atom is 0.308 e. The largest absolute Gasteiger partial charge is 0.469 e. The number of thiazole rings is 1. The highest BCUT2D eigenvalue weighted by Crippen LogP contribution is 2.40. The summed E-state index contributed by atoms with van der Waals surface area (Å²) in [6, 6.07) is 14.1. The highest BCUT2D eigenvalue weighted by Gasteiger charge is 2.45. The van der Waals surface area contributed by atoms with E-state index in [9.17, 15) is 24.3 Å². The monoisotopic (exact) mass is 916 g/mol. The number of thiophene rings is 1. The van der Waals surface area contributed by atoms with Crippen LogP contribution in [0.1, 0.15) is 108 Å². The van der Waals surface area contributed by atoms with Gasteiger partial charge in [-0.15, -0.1) is 32.9 Å². The van der Waals surface area contributed by atoms with Gasteiger partial charge in [0.15, 0.2) is 11.5 Å². The van der Waals surface area contributed by atoms with Gasteiger partial charge in [-0.25, -0.2) is 9.67 Å². The molecule has 16 nitrogen and oxygen atoms in total. The Balaban J connectivity index is 0.978. The number of aryl methyl sites for hydroxylation is 3. The fourth-order valence-electron chi connectivity index (χ4n) is 8.35. The Morgan fingerprint density at radius 1 is 0.954 bits per heavy atom. The van der Waals surface area contributed by atoms with E-state index in [1.54, 1.807) is 39.6 Å². The van der Waals surface area contributed by atoms with Crippen LogP contribution in [0, 0.1) is 33.1 Å². The number of amides is 3. The maximum atomic E-state index is 14.4. The van der Waals surface area contributed by atoms with Crippen LogP contribution in [-0.2, 0) is 19.1 Å². The van der Waals surface area contributed by atoms with Gasteiger partial charge in [-0.05, 0) is 74.9 Å². The summed E-state index contributed by atoms with van der Waals surface area (Å²) in [4.78, 5) is 67.7. The number of ether oxygens (including phenoxy) is 1. The fraction of sp³-hybridized carbons (Fsp3) is 0.383. The molecule has 2 aromatic carbocycles. The number of nitrogens with zero attached hydrogens (tertiary/aromatic N) is 8. The highest BCUT2D eigenvalue weighted by atomic mass is 32.1. The zero-order valence-electron chi connectivity index (χ0n) is 37.7. The van der Waals surface area contributed by atoms with Crippen LogP contribution in [0.4, 0.5) is 0 Å². The van der Waals surface area contributed by atoms with E-state index < -0.39 is 47.4 Å². The summed E-state index contributed by atoms with van der Waals surface area (Å²) in [6.45, 7) is 15.3. The second-order valence-corrected chi connectivity index (χ2v) is 19.7. The normalized spacial score (nSPS) is 18.0. The molecule has 0 aliphatic carbocycles. The molecule has 18 heteroatoms. The first-order chi connectivity index (χ1) is 30.9. The molecule has 0 unspecified atom stereocenters. The van der Waals surface area contributed by atoms with Crippen molar-refractivity contribution < 1.29 is 29.0 Å². The molecule has 3 amide bonds. The number of hydrogen-bond donors (Lipinski definition) is 3. The molecule has 4 aromatic heterocycles. The van der Waals surface area contributed by atoms with Crippen molar-refractivity contribution in [2.75, 3.05) is 13.7 Å². The maximum absolute atomic E-state index is 14.4. The van der Waals surface area contributed by atoms with Gasteiger partial charge in [0.1, 0.15) is 29.0 Å². The number of methoxy groups -OCH3 is 1. The number of aromatic nitrogens is 6. The molecule has 0 bridgehead atoms. The number of rotatable bonds is 11. The van der Waals surface area contributed by atoms with E-state index in [1.165, 1.54) is 12.0 Å². The fourth-order valence-corrected chi connectivity index (χ4v) is 10.4. The lowest BCUT2D eigenvalue weighted by atomic mass is 9.85. The molecule has 1 fully saturated rings. The minimum Gasteiger partial charge on any atom is -0.469 e. The lowest BCUT2D eigenvalue weighted by molar-refractivity contribution is -0.142. The average molecular weight is 917 g/mol. The van der Waals surface area contributed by atoms with Crippen LogP contribution in [0.25, 0.3) is 21.1 Å². The average Bonchev–Trinajstić information content (AvgIpc) is 4.12. The highest BCUT2D eigenvalue weighted by molar-refractivity contribution is 7.15. The summed E-state index contributed by atoms with van der Waals surface area (Å²) >= 11 is 3.19. The van der Waals surface area contributed by atoms with Crippen molar-refractivity contribution in [1.82, 2.24) is 45.1 Å². The lowest BCUT2D eigenvalue weighted by Crippen LogP contribution is -2.57. The van der Waals surface area contributed by atoms with Crippen molar-refractivity contribution >= 4 is 52.1 Å². The van der Waals surface area contributed by atoms with Crippen LogP contribution >= 0.6 is 22.7 Å². The molecule has 338 valence electrons. The molecule has 65 heavy (non-hydrogen) atoms. The number of hydrogen-bond acceptors (Lipinski definition) is 13. The SMILES string of the molecule is COC(=O)C[C@@H]1N=C(c2ccc(-n3ccc(C(=O)N[C@H](C(=O)N4C[C@H](O)C[C@H]4C(=O)N[C@@H](C)c4ccc(-c5scnc5C)cc4)C(C)(C)C)n3)cc2)c2c(sc(C)c2C)-n2c(C)nnc21. The molecule has 0 saturated carbocycles. The molecule has 5 atom stereocenters. The van der Waals surface area contributed by atoms with Crippen LogP contribution in [-0.4, -0.2) is 101 Å². The number of fused-ring (bicyclic) bond motifs is 3. The minimum absolute atomic E-state index is 0.0109. The number of carbonyl (C=O) groups excluding carboxylic acids is 4. The molecule has 3 N–H and O–H groups in total. The second kappa shape index (κ2) is 17.9. The number of esters is 1. The van der Waals surface area contributed by atoms with Crippen molar-refractivity contribution in [2.24, 2.45) is 10.4 Å². The van der Waals surface area contributed by atoms with Gasteiger partial charge < -0.3 is 25.4 Å². The summed E-state index contributed by atoms with van der Waals surface area (Å²) < 4.78 is 8.57. The Bertz CT molecular complexity index is 2810. The van der Waals surface area contributed by atoms with Crippen molar-refractivity contribution in [1.29, 1.82) is 0 Å². The summed E-state index contributed by atoms with van der Waals surface area (Å²) in [5, 5.41) is 31.0. The van der Waals surface area contributed by atoms with Gasteiger partial charge in [-0.2, -0.15) is 5.10 Å². The van der Waals surface area contributed by atoms with Gasteiger partial charge in [-0.3, -0.25) is 28.7 Å². The number of carbonyl (C=O) groups is 4. The van der Waals surface area contributed by atoms with E-state index in [1.807, 2.05) is 100 Å². The predicted octanol–water partition coefficient (Wildman–Crippen LogP) is 6.31. The van der Waals surface area contributed by atoms with Crippen molar-refractivity contribution in [2.45, 2.75) is 98.5 Å². The molecule has 2 aliphatic rings. The van der Waals surface area contributed by atoms with Crippen LogP contribution in [0.5, 0.6) is 0 Å². The molecule has 1 saturated heterocycles. The lowest BCUT2D eigenvalue weighted by Gasteiger charge is -2.35. The van der Waals surface area contributed by atoms with Crippen molar-refractivity contribution in [3.8, 4) is 21.1 Å². The Labute approximate surface area is 384 Å². The number of nitrogens with one attached hydrogen (secondary N) is 2. The Morgan fingerprint density at radius 2 is 1.66 bits per heavy atom. The quantitative estimate of drug-likeness (QED) is 0.124. The van der Waals surface area contributed by atoms with Crippen LogP contribution in [0.2, 0.25) is 0 Å². The first-order valence-electron chi connectivity index (χ1n) is 21.4. The summed E-state index contributed by atoms with van der Waals surface area (Å²) in [7, 11) is 1.35. The summed E-state index contributed by atoms with van der Waals surface area (Å²) in [5.41, 5.74) is 8.20. The van der Waals surface area contributed by atoms with Gasteiger partial charge in [0, 0.05) is 35.2 Å². The third kappa shape index (κ3) is 8.89. The van der Waals surface area contributed by atoms with Gasteiger partial charge in [0.2, 0.25) is 11.8 Å². The molecule has 6 heterocycles. The van der Waals surface area contributed by atoms with Gasteiger partial charge in [-0.1, -0.05) is 57.2 Å². The van der Waals surface area contributed by atoms with Crippen molar-refractivity contribution in [3.63, 3.8) is 0 Å². The molecule has 0 radical (unpaired) electrons. The van der Waals surface area contributed by atoms with E-state index in [0.29, 0.717) is 23.0 Å². The Hall–Kier alpha value is -6.37. The summed E-state index contributed by atoms with van der Waals surface area (Å²) in [6.07, 6.45) is 0.813. The third-order valence-corrected chi connectivity index (χ3v) is 14.3. The van der Waals surface area contributed by atoms with Gasteiger partial charge in [0.25, 0.3) is 5.91 Å². The molecular formula is C47H52N10O6S2. The number of aliphatic hydroxyl groups excluding tert-OH is 1. The Kier molecular flexibility index (Phi) is 12.4.